The van der Waals surface area contributed by atoms with Gasteiger partial charge in [-0.2, -0.15) is 21.6 Å². The van der Waals surface area contributed by atoms with E-state index >= 15 is 0 Å². The average Bonchev–Trinajstić information content (AvgIpc) is 2.45. The summed E-state index contributed by atoms with van der Waals surface area (Å²) in [4.78, 5) is 12.2. The van der Waals surface area contributed by atoms with Crippen LogP contribution in [0.15, 0.2) is 48.5 Å². The Hall–Kier alpha value is -2.55. The Labute approximate surface area is 129 Å². The Morgan fingerprint density at radius 1 is 1.00 bits per heavy atom. The molecule has 0 atom stereocenters. The molecule has 122 valence electrons. The first-order chi connectivity index (χ1) is 10.6. The Morgan fingerprint density at radius 3 is 2.13 bits per heavy atom. The van der Waals surface area contributed by atoms with E-state index in [0.29, 0.717) is 0 Å². The second kappa shape index (κ2) is 5.92. The van der Waals surface area contributed by atoms with Gasteiger partial charge in [0.25, 0.3) is 0 Å². The van der Waals surface area contributed by atoms with Gasteiger partial charge in [0.05, 0.1) is 0 Å². The number of sulfonamides is 1. The molecule has 2 N–H and O–H groups in total. The van der Waals surface area contributed by atoms with Crippen LogP contribution in [0.1, 0.15) is 15.9 Å². The third-order valence-corrected chi connectivity index (χ3v) is 3.90. The van der Waals surface area contributed by atoms with Crippen molar-refractivity contribution in [1.29, 1.82) is 0 Å². The molecule has 0 heterocycles. The van der Waals surface area contributed by atoms with Crippen LogP contribution in [0.2, 0.25) is 0 Å². The molecule has 0 radical (unpaired) electrons. The van der Waals surface area contributed by atoms with E-state index in [1.807, 2.05) is 0 Å². The number of aromatic hydroxyl groups is 1. The molecule has 0 aliphatic rings. The highest BCUT2D eigenvalue weighted by atomic mass is 32.2. The fourth-order valence-corrected chi connectivity index (χ4v) is 2.30. The number of alkyl halides is 3. The molecule has 0 aromatic heterocycles. The number of anilines is 1. The molecular formula is C14H10F3NO4S. The van der Waals surface area contributed by atoms with Crippen LogP contribution in [0.4, 0.5) is 18.9 Å². The van der Waals surface area contributed by atoms with Crippen molar-refractivity contribution >= 4 is 21.5 Å². The number of phenolic OH excluding ortho intramolecular Hbond substituents is 1. The lowest BCUT2D eigenvalue weighted by Gasteiger charge is -2.11. The van der Waals surface area contributed by atoms with Crippen molar-refractivity contribution in [1.82, 2.24) is 0 Å². The van der Waals surface area contributed by atoms with E-state index in [4.69, 9.17) is 0 Å². The number of benzene rings is 2. The molecule has 2 aromatic rings. The zero-order valence-corrected chi connectivity index (χ0v) is 12.1. The van der Waals surface area contributed by atoms with E-state index in [9.17, 15) is 31.5 Å². The second-order valence-corrected chi connectivity index (χ2v) is 6.19. The number of carbonyl (C=O) groups is 1. The Morgan fingerprint density at radius 2 is 1.57 bits per heavy atom. The number of carbonyl (C=O) groups excluding carboxylic acids is 1. The maximum Gasteiger partial charge on any atom is 0.516 e. The summed E-state index contributed by atoms with van der Waals surface area (Å²) >= 11 is 0. The third kappa shape index (κ3) is 3.81. The van der Waals surface area contributed by atoms with Crippen LogP contribution in [0, 0.1) is 0 Å². The monoisotopic (exact) mass is 345 g/mol. The maximum atomic E-state index is 12.3. The topological polar surface area (TPSA) is 83.5 Å². The van der Waals surface area contributed by atoms with E-state index in [2.05, 4.69) is 0 Å². The van der Waals surface area contributed by atoms with Gasteiger partial charge in [-0.3, -0.25) is 9.52 Å². The van der Waals surface area contributed by atoms with Gasteiger partial charge < -0.3 is 5.11 Å². The van der Waals surface area contributed by atoms with Crippen LogP contribution in [-0.4, -0.2) is 24.8 Å². The van der Waals surface area contributed by atoms with Gasteiger partial charge in [0.15, 0.2) is 5.78 Å². The number of halogens is 3. The van der Waals surface area contributed by atoms with Gasteiger partial charge >= 0.3 is 15.5 Å². The molecule has 9 heteroatoms. The predicted molar refractivity (Wildman–Crippen MR) is 76.6 cm³/mol. The number of hydrogen-bond acceptors (Lipinski definition) is 4. The van der Waals surface area contributed by atoms with Crippen LogP contribution >= 0.6 is 0 Å². The number of ketones is 1. The van der Waals surface area contributed by atoms with Crippen LogP contribution in [-0.2, 0) is 10.0 Å². The van der Waals surface area contributed by atoms with Crippen molar-refractivity contribution in [3.8, 4) is 5.75 Å². The Bertz CT molecular complexity index is 847. The summed E-state index contributed by atoms with van der Waals surface area (Å²) < 4.78 is 60.5. The standard InChI is InChI=1S/C14H10F3NO4S/c15-14(16,17)23(21,22)18-11-5-1-3-9(7-11)13(20)10-4-2-6-12(19)8-10/h1-8,18-19H. The highest BCUT2D eigenvalue weighted by Crippen LogP contribution is 2.26. The molecule has 0 saturated carbocycles. The lowest BCUT2D eigenvalue weighted by atomic mass is 10.0. The van der Waals surface area contributed by atoms with Crippen LogP contribution in [0.3, 0.4) is 0 Å². The summed E-state index contributed by atoms with van der Waals surface area (Å²) in [5.74, 6) is -0.723. The lowest BCUT2D eigenvalue weighted by Crippen LogP contribution is -2.29. The first-order valence-corrected chi connectivity index (χ1v) is 7.61. The quantitative estimate of drug-likeness (QED) is 0.835. The molecule has 0 amide bonds. The summed E-state index contributed by atoms with van der Waals surface area (Å²) in [5, 5.41) is 9.34. The maximum absolute atomic E-state index is 12.3. The molecule has 0 spiro atoms. The fourth-order valence-electron chi connectivity index (χ4n) is 1.75. The Kier molecular flexibility index (Phi) is 4.33. The van der Waals surface area contributed by atoms with Crippen molar-refractivity contribution in [2.24, 2.45) is 0 Å². The minimum Gasteiger partial charge on any atom is -0.508 e. The van der Waals surface area contributed by atoms with Gasteiger partial charge in [-0.05, 0) is 24.3 Å². The van der Waals surface area contributed by atoms with Crippen LogP contribution < -0.4 is 4.72 Å². The number of nitrogens with one attached hydrogen (secondary N) is 1. The summed E-state index contributed by atoms with van der Waals surface area (Å²) in [5.41, 5.74) is -5.77. The number of hydrogen-bond donors (Lipinski definition) is 2. The molecule has 0 aliphatic heterocycles. The third-order valence-electron chi connectivity index (χ3n) is 2.79. The van der Waals surface area contributed by atoms with Gasteiger partial charge in [-0.25, -0.2) is 0 Å². The van der Waals surface area contributed by atoms with Crippen LogP contribution in [0.25, 0.3) is 0 Å². The first-order valence-electron chi connectivity index (χ1n) is 6.13. The van der Waals surface area contributed by atoms with Crippen molar-refractivity contribution in [3.63, 3.8) is 0 Å². The fraction of sp³-hybridized carbons (Fsp3) is 0.0714. The molecule has 2 aromatic carbocycles. The van der Waals surface area contributed by atoms with Crippen molar-refractivity contribution in [2.45, 2.75) is 5.51 Å². The second-order valence-electron chi connectivity index (χ2n) is 4.51. The predicted octanol–water partition coefficient (Wildman–Crippen LogP) is 2.88. The van der Waals surface area contributed by atoms with Gasteiger partial charge in [-0.15, -0.1) is 0 Å². The average molecular weight is 345 g/mol. The minimum absolute atomic E-state index is 0.0297. The molecule has 23 heavy (non-hydrogen) atoms. The minimum atomic E-state index is -5.57. The molecule has 2 rings (SSSR count). The molecule has 0 aliphatic carbocycles. The van der Waals surface area contributed by atoms with E-state index in [0.717, 1.165) is 12.1 Å². The molecule has 5 nitrogen and oxygen atoms in total. The smallest absolute Gasteiger partial charge is 0.508 e. The van der Waals surface area contributed by atoms with Gasteiger partial charge in [-0.1, -0.05) is 24.3 Å². The van der Waals surface area contributed by atoms with Gasteiger partial charge in [0.1, 0.15) is 5.75 Å². The lowest BCUT2D eigenvalue weighted by molar-refractivity contribution is -0.0429. The van der Waals surface area contributed by atoms with E-state index in [1.165, 1.54) is 41.1 Å². The molecular weight excluding hydrogens is 335 g/mol. The number of phenols is 1. The van der Waals surface area contributed by atoms with Crippen LogP contribution in [0.5, 0.6) is 5.75 Å². The van der Waals surface area contributed by atoms with Gasteiger partial charge in [0.2, 0.25) is 0 Å². The van der Waals surface area contributed by atoms with E-state index in [1.54, 1.807) is 0 Å². The van der Waals surface area contributed by atoms with E-state index < -0.39 is 27.0 Å². The molecule has 0 fully saturated rings. The number of rotatable bonds is 4. The molecule has 0 unspecified atom stereocenters. The highest BCUT2D eigenvalue weighted by molar-refractivity contribution is 7.93. The summed E-state index contributed by atoms with van der Waals surface area (Å²) in [6.07, 6.45) is 0. The van der Waals surface area contributed by atoms with Gasteiger partial charge in [0, 0.05) is 16.8 Å². The summed E-state index contributed by atoms with van der Waals surface area (Å²) in [6, 6.07) is 10.0. The normalized spacial score (nSPS) is 12.0. The zero-order valence-electron chi connectivity index (χ0n) is 11.3. The molecule has 0 bridgehead atoms. The largest absolute Gasteiger partial charge is 0.516 e. The first kappa shape index (κ1) is 16.8. The van der Waals surface area contributed by atoms with Crippen molar-refractivity contribution in [2.75, 3.05) is 4.72 Å². The summed E-state index contributed by atoms with van der Waals surface area (Å²) in [7, 11) is -5.57. The molecule has 0 saturated heterocycles. The SMILES string of the molecule is O=C(c1cccc(O)c1)c1cccc(NS(=O)(=O)C(F)(F)F)c1. The zero-order chi connectivity index (χ0) is 17.3. The highest BCUT2D eigenvalue weighted by Gasteiger charge is 2.46. The Balaban J connectivity index is 2.32. The van der Waals surface area contributed by atoms with E-state index in [-0.39, 0.29) is 16.9 Å². The van der Waals surface area contributed by atoms with Crippen molar-refractivity contribution in [3.05, 3.63) is 59.7 Å². The van der Waals surface area contributed by atoms with Crippen molar-refractivity contribution < 1.29 is 31.5 Å². The summed E-state index contributed by atoms with van der Waals surface area (Å²) in [6.45, 7) is 0.